The molecule has 0 radical (unpaired) electrons. The average molecular weight is 453 g/mol. The van der Waals surface area contributed by atoms with Gasteiger partial charge in [-0.05, 0) is 29.5 Å². The molecule has 0 fully saturated rings. The summed E-state index contributed by atoms with van der Waals surface area (Å²) in [5, 5.41) is 0. The minimum Gasteiger partial charge on any atom is -0.426 e. The van der Waals surface area contributed by atoms with Crippen LogP contribution in [0.4, 0.5) is 0 Å². The largest absolute Gasteiger partial charge is 0.694 e. The molecule has 0 aliphatic carbocycles. The molecule has 3 rings (SSSR count). The maximum absolute atomic E-state index is 11.7. The van der Waals surface area contributed by atoms with E-state index >= 15 is 0 Å². The summed E-state index contributed by atoms with van der Waals surface area (Å²) in [6.07, 6.45) is -0.0703. The van der Waals surface area contributed by atoms with E-state index in [1.54, 1.807) is 6.07 Å². The Bertz CT molecular complexity index is 974. The fourth-order valence-electron chi connectivity index (χ4n) is 2.96. The van der Waals surface area contributed by atoms with Crippen LogP contribution in [0.25, 0.3) is 11.1 Å². The van der Waals surface area contributed by atoms with Crippen molar-refractivity contribution in [3.8, 4) is 16.9 Å². The van der Waals surface area contributed by atoms with E-state index in [2.05, 4.69) is 53.1 Å². The summed E-state index contributed by atoms with van der Waals surface area (Å²) in [5.41, 5.74) is 4.44. The van der Waals surface area contributed by atoms with Crippen molar-refractivity contribution in [1.82, 2.24) is 0 Å². The number of esters is 1. The van der Waals surface area contributed by atoms with E-state index in [4.69, 9.17) is 9.63 Å². The molecule has 3 aromatic carbocycles. The van der Waals surface area contributed by atoms with Crippen LogP contribution in [0.2, 0.25) is 0 Å². The highest BCUT2D eigenvalue weighted by Gasteiger charge is 2.21. The highest BCUT2D eigenvalue weighted by atomic mass is 31.1. The summed E-state index contributed by atoms with van der Waals surface area (Å²) >= 11 is 0. The van der Waals surface area contributed by atoms with Crippen LogP contribution in [-0.2, 0) is 19.3 Å². The third-order valence-electron chi connectivity index (χ3n) is 4.56. The van der Waals surface area contributed by atoms with Gasteiger partial charge in [-0.3, -0.25) is 4.79 Å². The van der Waals surface area contributed by atoms with Crippen LogP contribution in [0, 0.1) is 6.92 Å². The molecular formula is C26H30O5P+. The first-order valence-electron chi connectivity index (χ1n) is 10.4. The number of carbonyl (C=O) groups is 1. The van der Waals surface area contributed by atoms with E-state index in [0.717, 1.165) is 11.1 Å². The van der Waals surface area contributed by atoms with Crippen LogP contribution in [0.15, 0.2) is 78.9 Å². The van der Waals surface area contributed by atoms with Gasteiger partial charge < -0.3 is 4.74 Å². The molecule has 6 heteroatoms. The molecule has 0 aliphatic heterocycles. The maximum Gasteiger partial charge on any atom is 0.694 e. The smallest absolute Gasteiger partial charge is 0.426 e. The number of aryl methyl sites for hydroxylation is 1. The lowest BCUT2D eigenvalue weighted by Crippen LogP contribution is -2.17. The zero-order chi connectivity index (χ0) is 23.6. The highest BCUT2D eigenvalue weighted by molar-refractivity contribution is 7.32. The monoisotopic (exact) mass is 453 g/mol. The first kappa shape index (κ1) is 25.4. The van der Waals surface area contributed by atoms with E-state index < -0.39 is 14.2 Å². The summed E-state index contributed by atoms with van der Waals surface area (Å²) in [6, 6.07) is 26.4. The number of ether oxygens (including phenoxy) is 1. The van der Waals surface area contributed by atoms with Gasteiger partial charge in [0.15, 0.2) is 0 Å². The molecule has 1 unspecified atom stereocenters. The third kappa shape index (κ3) is 8.72. The fraction of sp³-hybridized carbons (Fsp3) is 0.269. The molecule has 0 heterocycles. The van der Waals surface area contributed by atoms with Gasteiger partial charge in [-0.2, -0.15) is 0 Å². The third-order valence-corrected chi connectivity index (χ3v) is 4.96. The van der Waals surface area contributed by atoms with Gasteiger partial charge in [0.1, 0.15) is 12.4 Å². The van der Waals surface area contributed by atoms with Crippen molar-refractivity contribution in [3.05, 3.63) is 90.0 Å². The Balaban J connectivity index is 0.000000255. The Kier molecular flexibility index (Phi) is 9.73. The molecule has 1 N–H and O–H groups in total. The van der Waals surface area contributed by atoms with Crippen LogP contribution >= 0.6 is 8.25 Å². The van der Waals surface area contributed by atoms with E-state index in [9.17, 15) is 9.36 Å². The van der Waals surface area contributed by atoms with Gasteiger partial charge in [0, 0.05) is 10.1 Å². The first-order valence-corrected chi connectivity index (χ1v) is 11.5. The van der Waals surface area contributed by atoms with Crippen molar-refractivity contribution in [2.75, 3.05) is 6.61 Å². The number of rotatable bonds is 6. The van der Waals surface area contributed by atoms with Gasteiger partial charge in [-0.15, -0.1) is 9.42 Å². The number of carbonyl (C=O) groups excluding carboxylic acids is 1. The van der Waals surface area contributed by atoms with Gasteiger partial charge in [-0.1, -0.05) is 99.1 Å². The van der Waals surface area contributed by atoms with Gasteiger partial charge in [-0.25, -0.2) is 0 Å². The minimum atomic E-state index is -2.68. The molecule has 3 aromatic rings. The lowest BCUT2D eigenvalue weighted by Gasteiger charge is -2.22. The molecule has 5 nitrogen and oxygen atoms in total. The van der Waals surface area contributed by atoms with E-state index in [1.165, 1.54) is 11.1 Å². The van der Waals surface area contributed by atoms with Gasteiger partial charge >= 0.3 is 14.2 Å². The first-order chi connectivity index (χ1) is 15.2. The Morgan fingerprint density at radius 1 is 0.906 bits per heavy atom. The average Bonchev–Trinajstić information content (AvgIpc) is 2.76. The van der Waals surface area contributed by atoms with Gasteiger partial charge in [0.25, 0.3) is 0 Å². The summed E-state index contributed by atoms with van der Waals surface area (Å²) in [5.74, 6) is 0.0256. The van der Waals surface area contributed by atoms with Crippen LogP contribution in [-0.4, -0.2) is 17.5 Å². The zero-order valence-electron chi connectivity index (χ0n) is 18.9. The molecule has 0 saturated carbocycles. The lowest BCUT2D eigenvalue weighted by atomic mass is 9.85. The second kappa shape index (κ2) is 12.3. The summed E-state index contributed by atoms with van der Waals surface area (Å²) in [4.78, 5) is 20.2. The van der Waals surface area contributed by atoms with Crippen molar-refractivity contribution in [1.29, 1.82) is 0 Å². The lowest BCUT2D eigenvalue weighted by molar-refractivity contribution is -0.134. The molecule has 0 saturated heterocycles. The zero-order valence-corrected chi connectivity index (χ0v) is 19.8. The maximum atomic E-state index is 11.7. The molecular weight excluding hydrogens is 423 g/mol. The van der Waals surface area contributed by atoms with Crippen molar-refractivity contribution < 1.29 is 23.5 Å². The predicted molar refractivity (Wildman–Crippen MR) is 128 cm³/mol. The van der Waals surface area contributed by atoms with Crippen molar-refractivity contribution >= 4 is 14.2 Å². The second-order valence-electron chi connectivity index (χ2n) is 8.28. The number of benzene rings is 3. The molecule has 0 spiro atoms. The van der Waals surface area contributed by atoms with E-state index in [0.29, 0.717) is 5.75 Å². The summed E-state index contributed by atoms with van der Waals surface area (Å²) in [6.45, 7) is 7.96. The highest BCUT2D eigenvalue weighted by Crippen LogP contribution is 2.32. The molecule has 1 atom stereocenters. The summed E-state index contributed by atoms with van der Waals surface area (Å²) < 4.78 is 20.1. The fourth-order valence-corrected chi connectivity index (χ4v) is 3.21. The topological polar surface area (TPSA) is 72.8 Å². The predicted octanol–water partition coefficient (Wildman–Crippen LogP) is 6.61. The molecule has 32 heavy (non-hydrogen) atoms. The Morgan fingerprint density at radius 3 is 1.91 bits per heavy atom. The Labute approximate surface area is 191 Å². The Morgan fingerprint density at radius 2 is 1.44 bits per heavy atom. The Hall–Kier alpha value is -2.85. The standard InChI is InChI=1S/C14H19O5P.C12H10/c1-10-5-6-12(11(9-10)14(2,3)4)19-13(15)7-8-18-20(16)17;1-3-7-11(8-4-1)12-9-5-2-6-10-12/h5-6,9H,7-8H2,1-4H3;1-10H/p+1. The minimum absolute atomic E-state index is 0.0703. The SMILES string of the molecule is Cc1ccc(OC(=O)CCO[P+](=O)O)c(C(C)(C)C)c1.c1ccc(-c2ccccc2)cc1. The number of hydrogen-bond donors (Lipinski definition) is 1. The van der Waals surface area contributed by atoms with Crippen molar-refractivity contribution in [2.24, 2.45) is 0 Å². The molecule has 0 amide bonds. The van der Waals surface area contributed by atoms with Gasteiger partial charge in [0.2, 0.25) is 0 Å². The van der Waals surface area contributed by atoms with Gasteiger partial charge in [0.05, 0.1) is 6.42 Å². The van der Waals surface area contributed by atoms with Crippen LogP contribution in [0.1, 0.15) is 38.3 Å². The molecule has 0 aromatic heterocycles. The van der Waals surface area contributed by atoms with E-state index in [1.807, 2.05) is 52.0 Å². The van der Waals surface area contributed by atoms with Crippen LogP contribution < -0.4 is 4.74 Å². The van der Waals surface area contributed by atoms with Crippen LogP contribution in [0.3, 0.4) is 0 Å². The second-order valence-corrected chi connectivity index (χ2v) is 9.01. The van der Waals surface area contributed by atoms with Crippen LogP contribution in [0.5, 0.6) is 5.75 Å². The quantitative estimate of drug-likeness (QED) is 0.258. The number of hydrogen-bond acceptors (Lipinski definition) is 4. The van der Waals surface area contributed by atoms with E-state index in [-0.39, 0.29) is 18.4 Å². The molecule has 168 valence electrons. The molecule has 0 aliphatic rings. The van der Waals surface area contributed by atoms with Crippen molar-refractivity contribution in [3.63, 3.8) is 0 Å². The molecule has 0 bridgehead atoms. The van der Waals surface area contributed by atoms with Crippen molar-refractivity contribution in [2.45, 2.75) is 39.5 Å². The normalized spacial score (nSPS) is 11.2. The summed E-state index contributed by atoms with van der Waals surface area (Å²) in [7, 11) is -2.68.